The molecule has 0 saturated carbocycles. The number of carbonyl (C=O) groups is 1. The standard InChI is InChI=1S/C28H23ClF2N6O5S2/c1-28(2,3)26-35-25(14-43-26)37(27(38)39)44(40,41)23-9-18(29)21(10-19(23)30)42-22-12-33-20(15-5-6-32-24(31)7-15)8-17(22)16-11-34-36(4)13-16/h5-14H,1-4H3,(H,38,39). The first-order valence-electron chi connectivity index (χ1n) is 12.7. The monoisotopic (exact) mass is 660 g/mol. The van der Waals surface area contributed by atoms with Gasteiger partial charge in [0.2, 0.25) is 5.95 Å². The van der Waals surface area contributed by atoms with Crippen LogP contribution in [0.2, 0.25) is 5.02 Å². The summed E-state index contributed by atoms with van der Waals surface area (Å²) in [5.74, 6) is -2.59. The SMILES string of the molecule is Cn1cc(-c2cc(-c3ccnc(F)c3)ncc2Oc2cc(F)c(S(=O)(=O)N(C(=O)O)c3csc(C(C)(C)C)n3)cc2Cl)cn1. The van der Waals surface area contributed by atoms with Gasteiger partial charge in [-0.1, -0.05) is 32.4 Å². The predicted octanol–water partition coefficient (Wildman–Crippen LogP) is 6.90. The Balaban J connectivity index is 1.54. The van der Waals surface area contributed by atoms with Crippen molar-refractivity contribution in [3.05, 3.63) is 82.3 Å². The molecule has 0 bridgehead atoms. The molecule has 16 heteroatoms. The lowest BCUT2D eigenvalue weighted by atomic mass is 9.98. The van der Waals surface area contributed by atoms with E-state index in [0.717, 1.165) is 23.5 Å². The number of hydrogen-bond donors (Lipinski definition) is 1. The molecule has 44 heavy (non-hydrogen) atoms. The Labute approximate surface area is 259 Å². The zero-order valence-corrected chi connectivity index (χ0v) is 25.9. The van der Waals surface area contributed by atoms with Gasteiger partial charge in [0.1, 0.15) is 21.5 Å². The second kappa shape index (κ2) is 11.6. The molecule has 1 N–H and O–H groups in total. The highest BCUT2D eigenvalue weighted by Crippen LogP contribution is 2.40. The molecule has 1 aromatic carbocycles. The number of amides is 1. The van der Waals surface area contributed by atoms with Crippen molar-refractivity contribution in [2.24, 2.45) is 7.05 Å². The predicted molar refractivity (Wildman–Crippen MR) is 160 cm³/mol. The topological polar surface area (TPSA) is 140 Å². The van der Waals surface area contributed by atoms with E-state index < -0.39 is 44.0 Å². The van der Waals surface area contributed by atoms with Gasteiger partial charge < -0.3 is 9.84 Å². The molecule has 0 unspecified atom stereocenters. The average Bonchev–Trinajstić information content (AvgIpc) is 3.60. The maximum atomic E-state index is 15.5. The third-order valence-electron chi connectivity index (χ3n) is 6.15. The largest absolute Gasteiger partial charge is 0.464 e. The molecule has 0 radical (unpaired) electrons. The Kier molecular flexibility index (Phi) is 8.13. The van der Waals surface area contributed by atoms with Gasteiger partial charge >= 0.3 is 6.09 Å². The number of hydrogen-bond acceptors (Lipinski definition) is 9. The molecule has 228 valence electrons. The first kappa shape index (κ1) is 31.0. The summed E-state index contributed by atoms with van der Waals surface area (Å²) in [6, 6.07) is 5.88. The van der Waals surface area contributed by atoms with E-state index >= 15 is 4.39 Å². The molecular weight excluding hydrogens is 638 g/mol. The van der Waals surface area contributed by atoms with E-state index in [1.165, 1.54) is 23.8 Å². The van der Waals surface area contributed by atoms with Crippen LogP contribution in [0.1, 0.15) is 25.8 Å². The smallest absolute Gasteiger partial charge is 0.427 e. The normalized spacial score (nSPS) is 11.9. The molecule has 0 aliphatic carbocycles. The fourth-order valence-electron chi connectivity index (χ4n) is 4.06. The van der Waals surface area contributed by atoms with Crippen LogP contribution in [0.5, 0.6) is 11.5 Å². The summed E-state index contributed by atoms with van der Waals surface area (Å²) in [6.07, 6.45) is 3.95. The molecule has 0 aliphatic heterocycles. The number of rotatable bonds is 7. The Morgan fingerprint density at radius 3 is 2.45 bits per heavy atom. The van der Waals surface area contributed by atoms with Gasteiger partial charge in [0.05, 0.1) is 23.1 Å². The van der Waals surface area contributed by atoms with Crippen molar-refractivity contribution in [1.82, 2.24) is 24.7 Å². The summed E-state index contributed by atoms with van der Waals surface area (Å²) in [7, 11) is -3.31. The van der Waals surface area contributed by atoms with E-state index in [0.29, 0.717) is 27.4 Å². The third kappa shape index (κ3) is 6.11. The Bertz CT molecular complexity index is 2010. The molecule has 4 heterocycles. The summed E-state index contributed by atoms with van der Waals surface area (Å²) in [5, 5.41) is 15.4. The first-order chi connectivity index (χ1) is 20.6. The van der Waals surface area contributed by atoms with Gasteiger partial charge in [-0.05, 0) is 18.2 Å². The van der Waals surface area contributed by atoms with Crippen LogP contribution in [0, 0.1) is 11.8 Å². The fraction of sp³-hybridized carbons (Fsp3) is 0.179. The molecule has 0 saturated heterocycles. The van der Waals surface area contributed by atoms with Crippen molar-refractivity contribution >= 4 is 44.9 Å². The number of sulfonamides is 1. The van der Waals surface area contributed by atoms with Gasteiger partial charge in [0, 0.05) is 59.1 Å². The van der Waals surface area contributed by atoms with E-state index in [2.05, 4.69) is 20.1 Å². The van der Waals surface area contributed by atoms with Gasteiger partial charge in [0.25, 0.3) is 10.0 Å². The highest BCUT2D eigenvalue weighted by atomic mass is 35.5. The first-order valence-corrected chi connectivity index (χ1v) is 15.4. The Morgan fingerprint density at radius 2 is 1.84 bits per heavy atom. The minimum Gasteiger partial charge on any atom is -0.464 e. The van der Waals surface area contributed by atoms with Crippen LogP contribution in [-0.2, 0) is 22.5 Å². The number of pyridine rings is 2. The van der Waals surface area contributed by atoms with Crippen LogP contribution in [0.3, 0.4) is 0 Å². The van der Waals surface area contributed by atoms with Crippen LogP contribution in [0.25, 0.3) is 22.4 Å². The molecule has 1 amide bonds. The quantitative estimate of drug-likeness (QED) is 0.185. The maximum absolute atomic E-state index is 15.5. The van der Waals surface area contributed by atoms with Gasteiger partial charge in [-0.3, -0.25) is 9.67 Å². The molecule has 0 spiro atoms. The van der Waals surface area contributed by atoms with E-state index in [1.807, 2.05) is 20.8 Å². The lowest BCUT2D eigenvalue weighted by Crippen LogP contribution is -2.36. The number of carboxylic acid groups (broad SMARTS) is 1. The number of thiazole rings is 1. The second-order valence-electron chi connectivity index (χ2n) is 10.5. The van der Waals surface area contributed by atoms with Gasteiger partial charge in [-0.25, -0.2) is 27.6 Å². The van der Waals surface area contributed by atoms with E-state index in [1.54, 1.807) is 36.3 Å². The molecule has 5 rings (SSSR count). The van der Waals surface area contributed by atoms with Gasteiger partial charge in [-0.2, -0.15) is 9.49 Å². The van der Waals surface area contributed by atoms with Crippen molar-refractivity contribution in [1.29, 1.82) is 0 Å². The zero-order chi connectivity index (χ0) is 32.0. The van der Waals surface area contributed by atoms with E-state index in [4.69, 9.17) is 16.3 Å². The number of benzene rings is 1. The van der Waals surface area contributed by atoms with Crippen LogP contribution in [0.15, 0.2) is 65.4 Å². The summed E-state index contributed by atoms with van der Waals surface area (Å²) < 4.78 is 63.6. The lowest BCUT2D eigenvalue weighted by molar-refractivity contribution is 0.206. The van der Waals surface area contributed by atoms with Crippen molar-refractivity contribution in [3.8, 4) is 33.9 Å². The molecular formula is C28H23ClF2N6O5S2. The van der Waals surface area contributed by atoms with Crippen molar-refractivity contribution in [2.45, 2.75) is 31.1 Å². The highest BCUT2D eigenvalue weighted by molar-refractivity contribution is 7.93. The summed E-state index contributed by atoms with van der Waals surface area (Å²) in [6.45, 7) is 5.49. The maximum Gasteiger partial charge on any atom is 0.427 e. The van der Waals surface area contributed by atoms with E-state index in [9.17, 15) is 22.7 Å². The Morgan fingerprint density at radius 1 is 1.09 bits per heavy atom. The van der Waals surface area contributed by atoms with Gasteiger partial charge in [-0.15, -0.1) is 15.6 Å². The zero-order valence-electron chi connectivity index (χ0n) is 23.5. The lowest BCUT2D eigenvalue weighted by Gasteiger charge is -2.19. The number of aromatic nitrogens is 5. The number of ether oxygens (including phenoxy) is 1. The minimum absolute atomic E-state index is 0.000892. The second-order valence-corrected chi connectivity index (χ2v) is 13.5. The molecule has 5 aromatic rings. The Hall–Kier alpha value is -4.47. The summed E-state index contributed by atoms with van der Waals surface area (Å²) in [5.41, 5.74) is 1.34. The van der Waals surface area contributed by atoms with Crippen molar-refractivity contribution in [2.75, 3.05) is 4.31 Å². The molecule has 0 fully saturated rings. The third-order valence-corrected chi connectivity index (χ3v) is 9.39. The molecule has 0 atom stereocenters. The molecule has 11 nitrogen and oxygen atoms in total. The number of anilines is 1. The minimum atomic E-state index is -5.01. The highest BCUT2D eigenvalue weighted by Gasteiger charge is 2.36. The summed E-state index contributed by atoms with van der Waals surface area (Å²) >= 11 is 7.45. The van der Waals surface area contributed by atoms with Crippen molar-refractivity contribution in [3.63, 3.8) is 0 Å². The number of nitrogens with zero attached hydrogens (tertiary/aromatic N) is 6. The number of halogens is 3. The average molecular weight is 661 g/mol. The number of aryl methyl sites for hydroxylation is 1. The fourth-order valence-corrected chi connectivity index (χ4v) is 6.58. The van der Waals surface area contributed by atoms with E-state index in [-0.39, 0.29) is 20.8 Å². The van der Waals surface area contributed by atoms with Gasteiger partial charge in [0.15, 0.2) is 11.6 Å². The van der Waals surface area contributed by atoms with Crippen LogP contribution in [0.4, 0.5) is 19.4 Å². The van der Waals surface area contributed by atoms with Crippen LogP contribution >= 0.6 is 22.9 Å². The molecule has 4 aromatic heterocycles. The summed E-state index contributed by atoms with van der Waals surface area (Å²) in [4.78, 5) is 23.1. The van der Waals surface area contributed by atoms with Crippen LogP contribution in [-0.4, -0.2) is 44.3 Å². The van der Waals surface area contributed by atoms with Crippen LogP contribution < -0.4 is 9.04 Å². The van der Waals surface area contributed by atoms with Crippen molar-refractivity contribution < 1.29 is 31.8 Å². The molecule has 0 aliphatic rings.